The van der Waals surface area contributed by atoms with Gasteiger partial charge in [-0.05, 0) is 45.8 Å². The zero-order valence-corrected chi connectivity index (χ0v) is 14.7. The summed E-state index contributed by atoms with van der Waals surface area (Å²) in [4.78, 5) is 22.8. The van der Waals surface area contributed by atoms with Gasteiger partial charge in [-0.25, -0.2) is 0 Å². The first-order valence-corrected chi connectivity index (χ1v) is 10.7. The number of carbonyl (C=O) groups excluding carboxylic acids is 2. The van der Waals surface area contributed by atoms with Crippen molar-refractivity contribution < 1.29 is 18.8 Å². The van der Waals surface area contributed by atoms with Crippen LogP contribution in [-0.4, -0.2) is 32.3 Å². The molecule has 0 saturated heterocycles. The largest absolute Gasteiger partial charge is 0.460 e. The number of hydrogen-bond donors (Lipinski definition) is 0. The van der Waals surface area contributed by atoms with E-state index in [2.05, 4.69) is 26.6 Å². The molecule has 0 aromatic carbocycles. The first-order valence-electron chi connectivity index (χ1n) is 7.30. The number of esters is 1. The molecule has 1 aliphatic rings. The van der Waals surface area contributed by atoms with E-state index in [9.17, 15) is 9.59 Å². The van der Waals surface area contributed by atoms with E-state index < -0.39 is 13.9 Å². The van der Waals surface area contributed by atoms with Gasteiger partial charge < -0.3 is 14.0 Å². The van der Waals surface area contributed by atoms with Crippen LogP contribution in [0, 0.1) is 17.8 Å². The predicted octanol–water partition coefficient (Wildman–Crippen LogP) is 3.02. The number of aldehydes is 1. The lowest BCUT2D eigenvalue weighted by atomic mass is 9.81. The van der Waals surface area contributed by atoms with E-state index in [1.54, 1.807) is 0 Å². The highest BCUT2D eigenvalue weighted by Gasteiger charge is 2.50. The molecule has 0 aromatic heterocycles. The molecule has 4 nitrogen and oxygen atoms in total. The van der Waals surface area contributed by atoms with Crippen LogP contribution in [0.4, 0.5) is 0 Å². The zero-order chi connectivity index (χ0) is 15.7. The first-order chi connectivity index (χ1) is 8.98. The molecule has 1 rings (SSSR count). The molecule has 116 valence electrons. The fraction of sp³-hybridized carbons (Fsp3) is 0.867. The summed E-state index contributed by atoms with van der Waals surface area (Å²) in [5.74, 6) is -0.244. The molecule has 20 heavy (non-hydrogen) atoms. The smallest absolute Gasteiger partial charge is 0.303 e. The van der Waals surface area contributed by atoms with Crippen molar-refractivity contribution in [2.24, 2.45) is 17.8 Å². The third-order valence-electron chi connectivity index (χ3n) is 4.11. The van der Waals surface area contributed by atoms with Crippen molar-refractivity contribution in [2.45, 2.75) is 65.5 Å². The highest BCUT2D eigenvalue weighted by molar-refractivity contribution is 6.69. The van der Waals surface area contributed by atoms with Crippen LogP contribution in [0.25, 0.3) is 0 Å². The Labute approximate surface area is 123 Å². The lowest BCUT2D eigenvalue weighted by Crippen LogP contribution is -2.39. The van der Waals surface area contributed by atoms with E-state index in [1.807, 2.05) is 13.8 Å². The molecule has 1 saturated carbocycles. The minimum Gasteiger partial charge on any atom is -0.460 e. The van der Waals surface area contributed by atoms with Gasteiger partial charge in [0.15, 0.2) is 8.32 Å². The van der Waals surface area contributed by atoms with Gasteiger partial charge in [0, 0.05) is 24.9 Å². The third-order valence-corrected chi connectivity index (χ3v) is 5.12. The highest BCUT2D eigenvalue weighted by atomic mass is 28.4. The van der Waals surface area contributed by atoms with Crippen LogP contribution in [-0.2, 0) is 18.8 Å². The minimum atomic E-state index is -1.65. The Morgan fingerprint density at radius 3 is 2.25 bits per heavy atom. The Morgan fingerprint density at radius 1 is 1.30 bits per heavy atom. The average Bonchev–Trinajstić information content (AvgIpc) is 2.52. The maximum atomic E-state index is 11.5. The lowest BCUT2D eigenvalue weighted by Gasteiger charge is -2.33. The minimum absolute atomic E-state index is 0.0141. The van der Waals surface area contributed by atoms with Crippen molar-refractivity contribution >= 4 is 20.6 Å². The molecular weight excluding hydrogens is 272 g/mol. The summed E-state index contributed by atoms with van der Waals surface area (Å²) < 4.78 is 11.7. The monoisotopic (exact) mass is 300 g/mol. The summed E-state index contributed by atoms with van der Waals surface area (Å²) in [6.07, 6.45) is 1.86. The Kier molecular flexibility index (Phi) is 5.19. The quantitative estimate of drug-likeness (QED) is 0.445. The highest BCUT2D eigenvalue weighted by Crippen LogP contribution is 2.45. The number of rotatable bonds is 5. The van der Waals surface area contributed by atoms with Crippen molar-refractivity contribution in [1.82, 2.24) is 0 Å². The number of ether oxygens (including phenoxy) is 1. The Morgan fingerprint density at radius 2 is 1.85 bits per heavy atom. The van der Waals surface area contributed by atoms with E-state index in [1.165, 1.54) is 6.92 Å². The van der Waals surface area contributed by atoms with Crippen LogP contribution >= 0.6 is 0 Å². The zero-order valence-electron chi connectivity index (χ0n) is 13.7. The summed E-state index contributed by atoms with van der Waals surface area (Å²) in [5, 5.41) is 0. The maximum Gasteiger partial charge on any atom is 0.303 e. The molecule has 0 spiro atoms. The molecular formula is C15H28O4Si. The SMILES string of the molecule is CC(=O)OC(C)(C)C1CC(O[Si](C)(C)C)C(C)C1C=O. The fourth-order valence-corrected chi connectivity index (χ4v) is 4.48. The number of hydrogen-bond acceptors (Lipinski definition) is 4. The topological polar surface area (TPSA) is 52.6 Å². The summed E-state index contributed by atoms with van der Waals surface area (Å²) in [6, 6.07) is 0. The van der Waals surface area contributed by atoms with Gasteiger partial charge in [0.05, 0.1) is 0 Å². The van der Waals surface area contributed by atoms with Gasteiger partial charge in [0.2, 0.25) is 0 Å². The normalized spacial score (nSPS) is 31.1. The van der Waals surface area contributed by atoms with Gasteiger partial charge in [-0.2, -0.15) is 0 Å². The summed E-state index contributed by atoms with van der Waals surface area (Å²) in [7, 11) is -1.65. The summed E-state index contributed by atoms with van der Waals surface area (Å²) in [6.45, 7) is 13.7. The molecule has 0 bridgehead atoms. The van der Waals surface area contributed by atoms with Crippen LogP contribution in [0.1, 0.15) is 34.1 Å². The molecule has 1 fully saturated rings. The van der Waals surface area contributed by atoms with Crippen molar-refractivity contribution in [1.29, 1.82) is 0 Å². The van der Waals surface area contributed by atoms with Gasteiger partial charge in [-0.3, -0.25) is 4.79 Å². The second-order valence-electron chi connectivity index (χ2n) is 7.38. The summed E-state index contributed by atoms with van der Waals surface area (Å²) in [5.41, 5.74) is -0.636. The van der Waals surface area contributed by atoms with E-state index in [-0.39, 0.29) is 29.8 Å². The van der Waals surface area contributed by atoms with Crippen LogP contribution in [0.3, 0.4) is 0 Å². The summed E-state index contributed by atoms with van der Waals surface area (Å²) >= 11 is 0. The van der Waals surface area contributed by atoms with Crippen molar-refractivity contribution in [3.8, 4) is 0 Å². The van der Waals surface area contributed by atoms with Crippen molar-refractivity contribution in [3.63, 3.8) is 0 Å². The Bertz CT molecular complexity index is 373. The Hall–Kier alpha value is -0.683. The molecule has 1 aliphatic carbocycles. The number of carbonyl (C=O) groups is 2. The standard InChI is InChI=1S/C15H28O4Si/c1-10-12(9-16)13(15(3,4)18-11(2)17)8-14(10)19-20(5,6)7/h9-10,12-14H,8H2,1-7H3. The molecule has 0 radical (unpaired) electrons. The third kappa shape index (κ3) is 4.15. The maximum absolute atomic E-state index is 11.5. The molecule has 4 unspecified atom stereocenters. The first kappa shape index (κ1) is 17.4. The van der Waals surface area contributed by atoms with Crippen LogP contribution in [0.5, 0.6) is 0 Å². The molecule has 0 N–H and O–H groups in total. The fourth-order valence-electron chi connectivity index (χ4n) is 3.26. The van der Waals surface area contributed by atoms with E-state index >= 15 is 0 Å². The van der Waals surface area contributed by atoms with Gasteiger partial charge in [0.1, 0.15) is 11.9 Å². The average molecular weight is 300 g/mol. The Balaban J connectivity index is 2.92. The van der Waals surface area contributed by atoms with Gasteiger partial charge in [-0.1, -0.05) is 6.92 Å². The molecule has 0 aliphatic heterocycles. The van der Waals surface area contributed by atoms with Gasteiger partial charge in [0.25, 0.3) is 0 Å². The molecule has 5 heteroatoms. The van der Waals surface area contributed by atoms with Gasteiger partial charge >= 0.3 is 5.97 Å². The van der Waals surface area contributed by atoms with Crippen LogP contribution < -0.4 is 0 Å². The lowest BCUT2D eigenvalue weighted by molar-refractivity contribution is -0.161. The molecule has 0 amide bonds. The van der Waals surface area contributed by atoms with Crippen molar-refractivity contribution in [2.75, 3.05) is 0 Å². The van der Waals surface area contributed by atoms with Crippen molar-refractivity contribution in [3.05, 3.63) is 0 Å². The second-order valence-corrected chi connectivity index (χ2v) is 11.8. The molecule has 0 heterocycles. The second kappa shape index (κ2) is 5.98. The predicted molar refractivity (Wildman–Crippen MR) is 80.9 cm³/mol. The van der Waals surface area contributed by atoms with E-state index in [4.69, 9.17) is 9.16 Å². The molecule has 0 aromatic rings. The van der Waals surface area contributed by atoms with Crippen LogP contribution in [0.15, 0.2) is 0 Å². The van der Waals surface area contributed by atoms with E-state index in [0.29, 0.717) is 0 Å². The van der Waals surface area contributed by atoms with E-state index in [0.717, 1.165) is 12.7 Å². The van der Waals surface area contributed by atoms with Crippen LogP contribution in [0.2, 0.25) is 19.6 Å². The van der Waals surface area contributed by atoms with Gasteiger partial charge in [-0.15, -0.1) is 0 Å². The molecule has 4 atom stereocenters.